The normalized spacial score (nSPS) is 25.8. The van der Waals surface area contributed by atoms with E-state index in [1.165, 1.54) is 6.42 Å². The number of morpholine rings is 1. The number of hydrogen-bond donors (Lipinski definition) is 1. The summed E-state index contributed by atoms with van der Waals surface area (Å²) < 4.78 is 7.60. The Balaban J connectivity index is 1.61. The van der Waals surface area contributed by atoms with Gasteiger partial charge in [0.25, 0.3) is 0 Å². The Bertz CT molecular complexity index is 468. The van der Waals surface area contributed by atoms with E-state index >= 15 is 0 Å². The lowest BCUT2D eigenvalue weighted by molar-refractivity contribution is -0.146. The summed E-state index contributed by atoms with van der Waals surface area (Å²) in [7, 11) is 0. The van der Waals surface area contributed by atoms with Crippen LogP contribution in [0.4, 0.5) is 0 Å². The Hall–Kier alpha value is -1.40. The number of rotatable bonds is 3. The summed E-state index contributed by atoms with van der Waals surface area (Å²) in [5.74, 6) is 0.107. The van der Waals surface area contributed by atoms with E-state index in [0.717, 1.165) is 25.7 Å². The summed E-state index contributed by atoms with van der Waals surface area (Å²) in [6, 6.07) is 1.89. The van der Waals surface area contributed by atoms with E-state index in [4.69, 9.17) is 10.5 Å². The maximum atomic E-state index is 12.7. The van der Waals surface area contributed by atoms with Crippen LogP contribution in [0.1, 0.15) is 32.1 Å². The zero-order valence-electron chi connectivity index (χ0n) is 12.4. The molecule has 2 aliphatic rings. The first-order chi connectivity index (χ1) is 10.2. The van der Waals surface area contributed by atoms with Gasteiger partial charge in [-0.1, -0.05) is 19.3 Å². The van der Waals surface area contributed by atoms with Crippen LogP contribution in [0.3, 0.4) is 0 Å². The van der Waals surface area contributed by atoms with Gasteiger partial charge in [0.2, 0.25) is 5.91 Å². The molecule has 0 spiro atoms. The van der Waals surface area contributed by atoms with E-state index in [-0.39, 0.29) is 12.0 Å². The highest BCUT2D eigenvalue weighted by Gasteiger charge is 2.39. The number of nitrogens with two attached hydrogens (primary N) is 1. The van der Waals surface area contributed by atoms with Gasteiger partial charge in [0, 0.05) is 25.5 Å². The molecule has 6 nitrogen and oxygen atoms in total. The van der Waals surface area contributed by atoms with Crippen molar-refractivity contribution in [1.82, 2.24) is 14.7 Å². The molecule has 1 atom stereocenters. The van der Waals surface area contributed by atoms with Crippen molar-refractivity contribution in [3.8, 4) is 0 Å². The standard InChI is InChI=1S/C15H24N4O2/c16-15(5-2-1-3-6-15)14(20)18-9-10-21-13(11-18)12-19-8-4-7-17-19/h4,7-8,13H,1-3,5-6,9-12,16H2. The van der Waals surface area contributed by atoms with E-state index in [0.29, 0.717) is 26.2 Å². The second-order valence-corrected chi connectivity index (χ2v) is 6.19. The highest BCUT2D eigenvalue weighted by atomic mass is 16.5. The van der Waals surface area contributed by atoms with Crippen molar-refractivity contribution >= 4 is 5.91 Å². The lowest BCUT2D eigenvalue weighted by Gasteiger charge is -2.40. The molecule has 2 N–H and O–H groups in total. The first kappa shape index (κ1) is 14.5. The molecule has 21 heavy (non-hydrogen) atoms. The van der Waals surface area contributed by atoms with Gasteiger partial charge >= 0.3 is 0 Å². The van der Waals surface area contributed by atoms with Crippen molar-refractivity contribution < 1.29 is 9.53 Å². The van der Waals surface area contributed by atoms with Crippen LogP contribution >= 0.6 is 0 Å². The summed E-state index contributed by atoms with van der Waals surface area (Å²) in [5, 5.41) is 4.19. The van der Waals surface area contributed by atoms with Crippen LogP contribution in [0, 0.1) is 0 Å². The molecule has 1 amide bonds. The quantitative estimate of drug-likeness (QED) is 0.893. The predicted octanol–water partition coefficient (Wildman–Crippen LogP) is 0.772. The van der Waals surface area contributed by atoms with Crippen molar-refractivity contribution in [2.24, 2.45) is 5.73 Å². The van der Waals surface area contributed by atoms with Crippen LogP contribution in [0.15, 0.2) is 18.5 Å². The molecule has 2 heterocycles. The average molecular weight is 292 g/mol. The molecule has 3 rings (SSSR count). The molecule has 116 valence electrons. The summed E-state index contributed by atoms with van der Waals surface area (Å²) >= 11 is 0. The Labute approximate surface area is 125 Å². The minimum absolute atomic E-state index is 0.00482. The minimum atomic E-state index is -0.647. The number of carbonyl (C=O) groups excluding carboxylic acids is 1. The van der Waals surface area contributed by atoms with Gasteiger partial charge in [-0.2, -0.15) is 5.10 Å². The molecule has 0 radical (unpaired) electrons. The Morgan fingerprint density at radius 1 is 1.38 bits per heavy atom. The van der Waals surface area contributed by atoms with Crippen LogP contribution in [0.5, 0.6) is 0 Å². The maximum Gasteiger partial charge on any atom is 0.242 e. The zero-order valence-corrected chi connectivity index (χ0v) is 12.4. The van der Waals surface area contributed by atoms with Crippen molar-refractivity contribution in [3.63, 3.8) is 0 Å². The van der Waals surface area contributed by atoms with Crippen molar-refractivity contribution in [1.29, 1.82) is 0 Å². The van der Waals surface area contributed by atoms with Crippen LogP contribution in [-0.4, -0.2) is 51.9 Å². The van der Waals surface area contributed by atoms with Gasteiger partial charge in [-0.3, -0.25) is 9.48 Å². The highest BCUT2D eigenvalue weighted by molar-refractivity contribution is 5.86. The van der Waals surface area contributed by atoms with Gasteiger partial charge in [0.05, 0.1) is 24.8 Å². The van der Waals surface area contributed by atoms with Crippen LogP contribution in [-0.2, 0) is 16.1 Å². The third-order valence-corrected chi connectivity index (χ3v) is 4.55. The molecular weight excluding hydrogens is 268 g/mol. The monoisotopic (exact) mass is 292 g/mol. The Morgan fingerprint density at radius 2 is 2.19 bits per heavy atom. The molecule has 1 unspecified atom stereocenters. The molecular formula is C15H24N4O2. The highest BCUT2D eigenvalue weighted by Crippen LogP contribution is 2.28. The van der Waals surface area contributed by atoms with Crippen molar-refractivity contribution in [2.75, 3.05) is 19.7 Å². The molecule has 1 aliphatic heterocycles. The smallest absolute Gasteiger partial charge is 0.242 e. The molecule has 0 aromatic carbocycles. The van der Waals surface area contributed by atoms with E-state index in [2.05, 4.69) is 5.10 Å². The second kappa shape index (κ2) is 6.15. The summed E-state index contributed by atoms with van der Waals surface area (Å²) in [5.41, 5.74) is 5.72. The molecule has 1 aliphatic carbocycles. The fourth-order valence-corrected chi connectivity index (χ4v) is 3.34. The molecule has 2 fully saturated rings. The fraction of sp³-hybridized carbons (Fsp3) is 0.733. The number of hydrogen-bond acceptors (Lipinski definition) is 4. The van der Waals surface area contributed by atoms with Gasteiger partial charge in [-0.25, -0.2) is 0 Å². The van der Waals surface area contributed by atoms with Crippen LogP contribution in [0.25, 0.3) is 0 Å². The Kier molecular flexibility index (Phi) is 4.26. The van der Waals surface area contributed by atoms with Crippen LogP contribution in [0.2, 0.25) is 0 Å². The number of nitrogens with zero attached hydrogens (tertiary/aromatic N) is 3. The molecule has 1 aromatic rings. The van der Waals surface area contributed by atoms with Gasteiger partial charge in [-0.15, -0.1) is 0 Å². The van der Waals surface area contributed by atoms with E-state index in [1.54, 1.807) is 6.20 Å². The second-order valence-electron chi connectivity index (χ2n) is 6.19. The molecule has 0 bridgehead atoms. The van der Waals surface area contributed by atoms with Gasteiger partial charge < -0.3 is 15.4 Å². The lowest BCUT2D eigenvalue weighted by Crippen LogP contribution is -2.59. The average Bonchev–Trinajstić information content (AvgIpc) is 3.00. The maximum absolute atomic E-state index is 12.7. The summed E-state index contributed by atoms with van der Waals surface area (Å²) in [4.78, 5) is 14.6. The number of ether oxygens (including phenoxy) is 1. The fourth-order valence-electron chi connectivity index (χ4n) is 3.34. The van der Waals surface area contributed by atoms with E-state index < -0.39 is 5.54 Å². The van der Waals surface area contributed by atoms with Gasteiger partial charge in [0.1, 0.15) is 0 Å². The third-order valence-electron chi connectivity index (χ3n) is 4.55. The number of amides is 1. The SMILES string of the molecule is NC1(C(=O)N2CCOC(Cn3cccn3)C2)CCCCC1. The molecule has 1 saturated heterocycles. The molecule has 1 saturated carbocycles. The zero-order chi connectivity index (χ0) is 14.7. The van der Waals surface area contributed by atoms with Crippen molar-refractivity contribution in [2.45, 2.75) is 50.3 Å². The largest absolute Gasteiger partial charge is 0.373 e. The van der Waals surface area contributed by atoms with E-state index in [9.17, 15) is 4.79 Å². The molecule has 1 aromatic heterocycles. The summed E-state index contributed by atoms with van der Waals surface area (Å²) in [6.07, 6.45) is 8.59. The third kappa shape index (κ3) is 3.27. The first-order valence-corrected chi connectivity index (χ1v) is 7.85. The minimum Gasteiger partial charge on any atom is -0.373 e. The summed E-state index contributed by atoms with van der Waals surface area (Å²) in [6.45, 7) is 2.51. The predicted molar refractivity (Wildman–Crippen MR) is 78.6 cm³/mol. The first-order valence-electron chi connectivity index (χ1n) is 7.85. The van der Waals surface area contributed by atoms with Crippen molar-refractivity contribution in [3.05, 3.63) is 18.5 Å². The van der Waals surface area contributed by atoms with E-state index in [1.807, 2.05) is 21.8 Å². The topological polar surface area (TPSA) is 73.4 Å². The van der Waals surface area contributed by atoms with Gasteiger partial charge in [-0.05, 0) is 18.9 Å². The lowest BCUT2D eigenvalue weighted by atomic mass is 9.81. The number of aromatic nitrogens is 2. The Morgan fingerprint density at radius 3 is 2.90 bits per heavy atom. The molecule has 6 heteroatoms. The van der Waals surface area contributed by atoms with Crippen LogP contribution < -0.4 is 5.73 Å². The number of carbonyl (C=O) groups is 1. The van der Waals surface area contributed by atoms with Gasteiger partial charge in [0.15, 0.2) is 0 Å².